The molecule has 25 heavy (non-hydrogen) atoms. The molecule has 0 spiro atoms. The molecule has 2 heterocycles. The van der Waals surface area contributed by atoms with Crippen LogP contribution in [0, 0.1) is 13.8 Å². The van der Waals surface area contributed by atoms with Gasteiger partial charge in [-0.15, -0.1) is 0 Å². The van der Waals surface area contributed by atoms with Gasteiger partial charge < -0.3 is 10.6 Å². The van der Waals surface area contributed by atoms with Crippen molar-refractivity contribution in [2.24, 2.45) is 7.05 Å². The summed E-state index contributed by atoms with van der Waals surface area (Å²) in [5.41, 5.74) is 3.72. The van der Waals surface area contributed by atoms with E-state index in [0.717, 1.165) is 42.3 Å². The summed E-state index contributed by atoms with van der Waals surface area (Å²) in [6.45, 7) is 6.69. The van der Waals surface area contributed by atoms with E-state index in [-0.39, 0.29) is 11.9 Å². The fourth-order valence-corrected chi connectivity index (χ4v) is 3.49. The van der Waals surface area contributed by atoms with Crippen LogP contribution in [0.3, 0.4) is 0 Å². The van der Waals surface area contributed by atoms with Crippen molar-refractivity contribution in [2.75, 3.05) is 31.5 Å². The average Bonchev–Trinajstić information content (AvgIpc) is 2.81. The quantitative estimate of drug-likeness (QED) is 0.877. The molecule has 1 aromatic carbocycles. The fraction of sp³-hybridized carbons (Fsp3) is 0.444. The molecule has 2 N–H and O–H groups in total. The van der Waals surface area contributed by atoms with Crippen LogP contribution in [0.15, 0.2) is 24.3 Å². The third-order valence-electron chi connectivity index (χ3n) is 4.71. The Kier molecular flexibility index (Phi) is 5.42. The molecular formula is C18H24ClN5O. The molecule has 1 atom stereocenters. The number of piperazine rings is 1. The lowest BCUT2D eigenvalue weighted by Gasteiger charge is -2.36. The molecule has 1 amide bonds. The number of nitrogens with one attached hydrogen (secondary N) is 2. The Labute approximate surface area is 153 Å². The number of hydrogen-bond donors (Lipinski definition) is 2. The lowest BCUT2D eigenvalue weighted by Crippen LogP contribution is -2.48. The molecule has 2 aromatic rings. The van der Waals surface area contributed by atoms with Crippen LogP contribution in [0.25, 0.3) is 0 Å². The standard InChI is InChI=1S/C18H24ClN5O/c1-12-18(13(2)23(3)22-12)21-17(25)11-24-8-7-20-10-16(24)14-5-4-6-15(19)9-14/h4-6,9,16,20H,7-8,10-11H2,1-3H3,(H,21,25). The van der Waals surface area contributed by atoms with Gasteiger partial charge in [0, 0.05) is 37.7 Å². The number of carbonyl (C=O) groups excluding carboxylic acids is 1. The number of carbonyl (C=O) groups is 1. The predicted octanol–water partition coefficient (Wildman–Crippen LogP) is 2.28. The number of halogens is 1. The first kappa shape index (κ1) is 17.9. The number of amides is 1. The van der Waals surface area contributed by atoms with Gasteiger partial charge in [0.25, 0.3) is 0 Å². The molecule has 1 fully saturated rings. The van der Waals surface area contributed by atoms with Crippen LogP contribution >= 0.6 is 11.6 Å². The fourth-order valence-electron chi connectivity index (χ4n) is 3.30. The second-order valence-corrected chi connectivity index (χ2v) is 6.90. The van der Waals surface area contributed by atoms with Crippen LogP contribution in [-0.2, 0) is 11.8 Å². The molecule has 134 valence electrons. The second-order valence-electron chi connectivity index (χ2n) is 6.46. The molecule has 0 bridgehead atoms. The van der Waals surface area contributed by atoms with Gasteiger partial charge in [0.2, 0.25) is 5.91 Å². The molecule has 1 unspecified atom stereocenters. The Morgan fingerprint density at radius 3 is 2.92 bits per heavy atom. The van der Waals surface area contributed by atoms with Gasteiger partial charge in [-0.2, -0.15) is 5.10 Å². The Bertz CT molecular complexity index is 773. The van der Waals surface area contributed by atoms with E-state index in [1.165, 1.54) is 0 Å². The van der Waals surface area contributed by atoms with Crippen molar-refractivity contribution in [1.29, 1.82) is 0 Å². The molecule has 1 aliphatic rings. The van der Waals surface area contributed by atoms with Crippen LogP contribution in [-0.4, -0.2) is 46.8 Å². The minimum atomic E-state index is -0.0203. The van der Waals surface area contributed by atoms with Gasteiger partial charge in [0.15, 0.2) is 0 Å². The summed E-state index contributed by atoms with van der Waals surface area (Å²) < 4.78 is 1.78. The smallest absolute Gasteiger partial charge is 0.238 e. The Hall–Kier alpha value is -1.89. The van der Waals surface area contributed by atoms with E-state index >= 15 is 0 Å². The molecule has 0 saturated carbocycles. The van der Waals surface area contributed by atoms with Crippen molar-refractivity contribution in [1.82, 2.24) is 20.0 Å². The molecule has 6 nitrogen and oxygen atoms in total. The summed E-state index contributed by atoms with van der Waals surface area (Å²) in [5.74, 6) is -0.0203. The molecule has 1 aliphatic heterocycles. The molecule has 3 rings (SSSR count). The number of hydrogen-bond acceptors (Lipinski definition) is 4. The van der Waals surface area contributed by atoms with Gasteiger partial charge in [-0.25, -0.2) is 0 Å². The second kappa shape index (κ2) is 7.56. The number of aromatic nitrogens is 2. The summed E-state index contributed by atoms with van der Waals surface area (Å²) in [6, 6.07) is 7.98. The van der Waals surface area contributed by atoms with E-state index in [0.29, 0.717) is 11.6 Å². The zero-order valence-corrected chi connectivity index (χ0v) is 15.6. The van der Waals surface area contributed by atoms with Gasteiger partial charge >= 0.3 is 0 Å². The van der Waals surface area contributed by atoms with E-state index in [9.17, 15) is 4.79 Å². The summed E-state index contributed by atoms with van der Waals surface area (Å²) in [4.78, 5) is 14.8. The first-order chi connectivity index (χ1) is 12.0. The molecule has 0 radical (unpaired) electrons. The summed E-state index contributed by atoms with van der Waals surface area (Å²) in [5, 5.41) is 11.5. The van der Waals surface area contributed by atoms with Gasteiger partial charge in [-0.05, 0) is 31.5 Å². The normalized spacial score (nSPS) is 18.3. The maximum absolute atomic E-state index is 12.6. The van der Waals surface area contributed by atoms with Gasteiger partial charge in [0.05, 0.1) is 23.6 Å². The van der Waals surface area contributed by atoms with E-state index in [4.69, 9.17) is 11.6 Å². The number of benzene rings is 1. The Morgan fingerprint density at radius 1 is 1.44 bits per heavy atom. The molecule has 7 heteroatoms. The van der Waals surface area contributed by atoms with Gasteiger partial charge in [-0.3, -0.25) is 14.4 Å². The largest absolute Gasteiger partial charge is 0.322 e. The van der Waals surface area contributed by atoms with E-state index in [2.05, 4.69) is 26.7 Å². The highest BCUT2D eigenvalue weighted by molar-refractivity contribution is 6.30. The molecule has 0 aliphatic carbocycles. The summed E-state index contributed by atoms with van der Waals surface area (Å²) in [7, 11) is 1.88. The number of aryl methyl sites for hydroxylation is 2. The molecular weight excluding hydrogens is 338 g/mol. The Balaban J connectivity index is 1.72. The highest BCUT2D eigenvalue weighted by Crippen LogP contribution is 2.25. The van der Waals surface area contributed by atoms with E-state index in [1.54, 1.807) is 4.68 Å². The van der Waals surface area contributed by atoms with Gasteiger partial charge in [-0.1, -0.05) is 23.7 Å². The van der Waals surface area contributed by atoms with Crippen LogP contribution in [0.4, 0.5) is 5.69 Å². The van der Waals surface area contributed by atoms with Crippen LogP contribution < -0.4 is 10.6 Å². The summed E-state index contributed by atoms with van der Waals surface area (Å²) in [6.07, 6.45) is 0. The zero-order valence-electron chi connectivity index (χ0n) is 14.8. The van der Waals surface area contributed by atoms with Crippen LogP contribution in [0.5, 0.6) is 0 Å². The maximum atomic E-state index is 12.6. The van der Waals surface area contributed by atoms with Crippen molar-refractivity contribution in [2.45, 2.75) is 19.9 Å². The zero-order chi connectivity index (χ0) is 18.0. The number of nitrogens with zero attached hydrogens (tertiary/aromatic N) is 3. The first-order valence-corrected chi connectivity index (χ1v) is 8.84. The minimum absolute atomic E-state index is 0.0203. The third kappa shape index (κ3) is 4.03. The SMILES string of the molecule is Cc1nn(C)c(C)c1NC(=O)CN1CCNCC1c1cccc(Cl)c1. The Morgan fingerprint density at radius 2 is 2.24 bits per heavy atom. The first-order valence-electron chi connectivity index (χ1n) is 8.46. The van der Waals surface area contributed by atoms with Crippen molar-refractivity contribution < 1.29 is 4.79 Å². The average molecular weight is 362 g/mol. The minimum Gasteiger partial charge on any atom is -0.322 e. The lowest BCUT2D eigenvalue weighted by molar-refractivity contribution is -0.118. The van der Waals surface area contributed by atoms with E-state index in [1.807, 2.05) is 39.1 Å². The highest BCUT2D eigenvalue weighted by Gasteiger charge is 2.26. The molecule has 1 aromatic heterocycles. The molecule has 1 saturated heterocycles. The highest BCUT2D eigenvalue weighted by atomic mass is 35.5. The number of rotatable bonds is 4. The third-order valence-corrected chi connectivity index (χ3v) is 4.94. The number of anilines is 1. The predicted molar refractivity (Wildman–Crippen MR) is 99.9 cm³/mol. The van der Waals surface area contributed by atoms with Crippen molar-refractivity contribution in [3.05, 3.63) is 46.2 Å². The maximum Gasteiger partial charge on any atom is 0.238 e. The monoisotopic (exact) mass is 361 g/mol. The van der Waals surface area contributed by atoms with Crippen LogP contribution in [0.2, 0.25) is 5.02 Å². The van der Waals surface area contributed by atoms with Crippen molar-refractivity contribution in [3.63, 3.8) is 0 Å². The lowest BCUT2D eigenvalue weighted by atomic mass is 10.0. The van der Waals surface area contributed by atoms with Crippen molar-refractivity contribution in [3.8, 4) is 0 Å². The van der Waals surface area contributed by atoms with Crippen molar-refractivity contribution >= 4 is 23.2 Å². The van der Waals surface area contributed by atoms with E-state index < -0.39 is 0 Å². The topological polar surface area (TPSA) is 62.2 Å². The van der Waals surface area contributed by atoms with Crippen LogP contribution in [0.1, 0.15) is 23.0 Å². The summed E-state index contributed by atoms with van der Waals surface area (Å²) >= 11 is 6.13. The van der Waals surface area contributed by atoms with Gasteiger partial charge in [0.1, 0.15) is 0 Å².